The Balaban J connectivity index is 1.60. The molecule has 0 bridgehead atoms. The van der Waals surface area contributed by atoms with Crippen molar-refractivity contribution in [2.45, 2.75) is 13.5 Å². The van der Waals surface area contributed by atoms with E-state index in [0.29, 0.717) is 20.4 Å². The zero-order chi connectivity index (χ0) is 23.1. The molecule has 164 valence electrons. The van der Waals surface area contributed by atoms with Crippen LogP contribution in [-0.2, 0) is 6.54 Å². The second-order valence-electron chi connectivity index (χ2n) is 7.32. The van der Waals surface area contributed by atoms with Crippen molar-refractivity contribution in [1.82, 2.24) is 9.97 Å². The van der Waals surface area contributed by atoms with Crippen LogP contribution in [0, 0.1) is 17.0 Å². The van der Waals surface area contributed by atoms with Crippen LogP contribution in [0.4, 0.5) is 10.8 Å². The van der Waals surface area contributed by atoms with Gasteiger partial charge in [-0.2, -0.15) is 0 Å². The number of fused-ring (bicyclic) bond motifs is 2. The smallest absolute Gasteiger partial charge is 0.270 e. The van der Waals surface area contributed by atoms with Gasteiger partial charge < -0.3 is 0 Å². The predicted octanol–water partition coefficient (Wildman–Crippen LogP) is 6.62. The first-order chi connectivity index (χ1) is 15.9. The van der Waals surface area contributed by atoms with Crippen LogP contribution < -0.4 is 4.90 Å². The zero-order valence-electron chi connectivity index (χ0n) is 17.2. The molecule has 7 nitrogen and oxygen atoms in total. The van der Waals surface area contributed by atoms with E-state index in [1.165, 1.54) is 34.8 Å². The number of aromatic nitrogens is 2. The number of nitrogens with zero attached hydrogens (tertiary/aromatic N) is 4. The van der Waals surface area contributed by atoms with Gasteiger partial charge in [0.05, 0.1) is 32.3 Å². The second kappa shape index (κ2) is 8.51. The third kappa shape index (κ3) is 4.06. The first kappa shape index (κ1) is 21.4. The normalized spacial score (nSPS) is 11.2. The maximum Gasteiger partial charge on any atom is 0.270 e. The maximum absolute atomic E-state index is 13.7. The summed E-state index contributed by atoms with van der Waals surface area (Å²) in [6, 6.07) is 15.5. The largest absolute Gasteiger partial charge is 0.277 e. The first-order valence-corrected chi connectivity index (χ1v) is 11.9. The molecule has 0 aliphatic carbocycles. The molecule has 0 atom stereocenters. The Labute approximate surface area is 201 Å². The lowest BCUT2D eigenvalue weighted by atomic mass is 10.2. The summed E-state index contributed by atoms with van der Waals surface area (Å²) in [6.07, 6.45) is 1.68. The maximum atomic E-state index is 13.7. The minimum Gasteiger partial charge on any atom is -0.277 e. The van der Waals surface area contributed by atoms with E-state index in [9.17, 15) is 14.9 Å². The number of aryl methyl sites for hydroxylation is 1. The number of carbonyl (C=O) groups excluding carboxylic acids is 1. The summed E-state index contributed by atoms with van der Waals surface area (Å²) >= 11 is 8.97. The number of amides is 1. The standard InChI is InChI=1S/C23H15ClN4O3S2/c1-13-17(24)6-8-19-21(13)26-23(33-19)27(12-15-4-2-3-9-25-15)22(29)20-11-14-10-16(28(30)31)5-7-18(14)32-20/h2-11H,12H2,1H3. The Morgan fingerprint density at radius 1 is 1.12 bits per heavy atom. The summed E-state index contributed by atoms with van der Waals surface area (Å²) in [5.74, 6) is -0.243. The minimum absolute atomic E-state index is 0.0110. The van der Waals surface area contributed by atoms with Crippen LogP contribution in [0.15, 0.2) is 60.8 Å². The molecule has 0 N–H and O–H groups in total. The van der Waals surface area contributed by atoms with Gasteiger partial charge in [0.25, 0.3) is 11.6 Å². The molecule has 0 saturated carbocycles. The number of nitro benzene ring substituents is 1. The Hall–Kier alpha value is -3.40. The topological polar surface area (TPSA) is 89.2 Å². The van der Waals surface area contributed by atoms with Crippen molar-refractivity contribution >= 4 is 71.3 Å². The zero-order valence-corrected chi connectivity index (χ0v) is 19.6. The van der Waals surface area contributed by atoms with Crippen molar-refractivity contribution < 1.29 is 9.72 Å². The highest BCUT2D eigenvalue weighted by atomic mass is 35.5. The predicted molar refractivity (Wildman–Crippen MR) is 133 cm³/mol. The monoisotopic (exact) mass is 494 g/mol. The number of pyridine rings is 1. The van der Waals surface area contributed by atoms with Gasteiger partial charge in [0, 0.05) is 33.4 Å². The SMILES string of the molecule is Cc1c(Cl)ccc2sc(N(Cc3ccccn3)C(=O)c3cc4cc([N+](=O)[O-])ccc4s3)nc12. The van der Waals surface area contributed by atoms with Crippen LogP contribution in [0.25, 0.3) is 20.3 Å². The number of halogens is 1. The highest BCUT2D eigenvalue weighted by molar-refractivity contribution is 7.23. The molecule has 3 aromatic heterocycles. The molecular weight excluding hydrogens is 480 g/mol. The summed E-state index contributed by atoms with van der Waals surface area (Å²) in [5, 5.41) is 12.9. The first-order valence-electron chi connectivity index (χ1n) is 9.86. The van der Waals surface area contributed by atoms with E-state index in [0.717, 1.165) is 26.2 Å². The molecular formula is C23H15ClN4O3S2. The van der Waals surface area contributed by atoms with Crippen molar-refractivity contribution in [3.8, 4) is 0 Å². The number of rotatable bonds is 5. The Morgan fingerprint density at radius 2 is 1.94 bits per heavy atom. The molecule has 0 radical (unpaired) electrons. The van der Waals surface area contributed by atoms with E-state index in [1.807, 2.05) is 37.3 Å². The van der Waals surface area contributed by atoms with Crippen LogP contribution in [-0.4, -0.2) is 20.8 Å². The van der Waals surface area contributed by atoms with Crippen molar-refractivity contribution in [1.29, 1.82) is 0 Å². The van der Waals surface area contributed by atoms with E-state index in [4.69, 9.17) is 16.6 Å². The minimum atomic E-state index is -0.444. The number of nitro groups is 1. The molecule has 33 heavy (non-hydrogen) atoms. The summed E-state index contributed by atoms with van der Waals surface area (Å²) < 4.78 is 1.73. The third-order valence-corrected chi connectivity index (χ3v) is 7.74. The lowest BCUT2D eigenvalue weighted by Crippen LogP contribution is -2.30. The number of benzene rings is 2. The van der Waals surface area contributed by atoms with Gasteiger partial charge >= 0.3 is 0 Å². The number of non-ortho nitro benzene ring substituents is 1. The summed E-state index contributed by atoms with van der Waals surface area (Å²) in [6.45, 7) is 2.14. The molecule has 2 aromatic carbocycles. The van der Waals surface area contributed by atoms with Crippen LogP contribution in [0.3, 0.4) is 0 Å². The van der Waals surface area contributed by atoms with Gasteiger partial charge in [-0.15, -0.1) is 11.3 Å². The third-order valence-electron chi connectivity index (χ3n) is 5.18. The van der Waals surface area contributed by atoms with E-state index in [-0.39, 0.29) is 18.1 Å². The molecule has 0 aliphatic rings. The van der Waals surface area contributed by atoms with Gasteiger partial charge in [0.1, 0.15) is 0 Å². The average Bonchev–Trinajstić information content (AvgIpc) is 3.44. The highest BCUT2D eigenvalue weighted by Crippen LogP contribution is 2.36. The van der Waals surface area contributed by atoms with Crippen molar-refractivity contribution in [3.05, 3.63) is 92.1 Å². The van der Waals surface area contributed by atoms with E-state index in [2.05, 4.69) is 4.98 Å². The van der Waals surface area contributed by atoms with Gasteiger partial charge in [-0.3, -0.25) is 24.8 Å². The van der Waals surface area contributed by atoms with Crippen molar-refractivity contribution in [3.63, 3.8) is 0 Å². The van der Waals surface area contributed by atoms with Gasteiger partial charge in [-0.05, 0) is 48.9 Å². The van der Waals surface area contributed by atoms with Crippen LogP contribution in [0.5, 0.6) is 0 Å². The van der Waals surface area contributed by atoms with Crippen molar-refractivity contribution in [2.24, 2.45) is 0 Å². The van der Waals surface area contributed by atoms with E-state index < -0.39 is 4.92 Å². The fourth-order valence-electron chi connectivity index (χ4n) is 3.47. The van der Waals surface area contributed by atoms with Gasteiger partial charge in [-0.25, -0.2) is 4.98 Å². The highest BCUT2D eigenvalue weighted by Gasteiger charge is 2.25. The average molecular weight is 495 g/mol. The molecule has 0 saturated heterocycles. The molecule has 5 rings (SSSR count). The molecule has 0 aliphatic heterocycles. The van der Waals surface area contributed by atoms with E-state index >= 15 is 0 Å². The number of anilines is 1. The molecule has 0 spiro atoms. The Bertz CT molecular complexity index is 1530. The van der Waals surface area contributed by atoms with Gasteiger partial charge in [-0.1, -0.05) is 29.0 Å². The summed E-state index contributed by atoms with van der Waals surface area (Å²) in [7, 11) is 0. The van der Waals surface area contributed by atoms with Crippen LogP contribution >= 0.6 is 34.3 Å². The van der Waals surface area contributed by atoms with Gasteiger partial charge in [0.2, 0.25) is 0 Å². The van der Waals surface area contributed by atoms with Gasteiger partial charge in [0.15, 0.2) is 5.13 Å². The lowest BCUT2D eigenvalue weighted by Gasteiger charge is -2.18. The fraction of sp³-hybridized carbons (Fsp3) is 0.0870. The molecule has 1 amide bonds. The molecule has 3 heterocycles. The molecule has 0 fully saturated rings. The number of carbonyl (C=O) groups is 1. The van der Waals surface area contributed by atoms with Crippen LogP contribution in [0.1, 0.15) is 20.9 Å². The summed E-state index contributed by atoms with van der Waals surface area (Å²) in [4.78, 5) is 35.5. The quantitative estimate of drug-likeness (QED) is 0.202. The number of hydrogen-bond donors (Lipinski definition) is 0. The Morgan fingerprint density at radius 3 is 2.70 bits per heavy atom. The summed E-state index contributed by atoms with van der Waals surface area (Å²) in [5.41, 5.74) is 2.32. The second-order valence-corrected chi connectivity index (χ2v) is 9.82. The Kier molecular flexibility index (Phi) is 5.53. The number of hydrogen-bond acceptors (Lipinski definition) is 7. The van der Waals surface area contributed by atoms with Crippen molar-refractivity contribution in [2.75, 3.05) is 4.90 Å². The number of thiophene rings is 1. The van der Waals surface area contributed by atoms with Crippen LogP contribution in [0.2, 0.25) is 5.02 Å². The lowest BCUT2D eigenvalue weighted by molar-refractivity contribution is -0.384. The number of thiazole rings is 1. The molecule has 10 heteroatoms. The molecule has 5 aromatic rings. The molecule has 0 unspecified atom stereocenters. The van der Waals surface area contributed by atoms with E-state index in [1.54, 1.807) is 23.2 Å². The fourth-order valence-corrected chi connectivity index (χ4v) is 5.63.